The summed E-state index contributed by atoms with van der Waals surface area (Å²) in [6, 6.07) is 0. The fraction of sp³-hybridized carbons (Fsp3) is 0.250. The first kappa shape index (κ1) is 8.52. The molecule has 0 amide bonds. The second kappa shape index (κ2) is 2.81. The lowest BCUT2D eigenvalue weighted by Gasteiger charge is -2.04. The van der Waals surface area contributed by atoms with E-state index in [1.807, 2.05) is 0 Å². The van der Waals surface area contributed by atoms with E-state index in [1.165, 1.54) is 13.1 Å². The Balaban J connectivity index is 3.43. The Hall–Kier alpha value is -1.58. The summed E-state index contributed by atoms with van der Waals surface area (Å²) in [6.07, 6.45) is 1.34. The molecule has 0 unspecified atom stereocenters. The van der Waals surface area contributed by atoms with Crippen molar-refractivity contribution in [3.63, 3.8) is 0 Å². The third kappa shape index (κ3) is 1.23. The number of rotatable bonds is 1. The first-order chi connectivity index (χ1) is 5.54. The quantitative estimate of drug-likeness (QED) is 0.657. The van der Waals surface area contributed by atoms with Gasteiger partial charge in [-0.05, 0) is 19.4 Å². The lowest BCUT2D eigenvalue weighted by molar-refractivity contribution is 0.0694. The maximum atomic E-state index is 10.7. The molecule has 0 atom stereocenters. The zero-order valence-electron chi connectivity index (χ0n) is 6.83. The van der Waals surface area contributed by atoms with Crippen LogP contribution in [0.1, 0.15) is 21.5 Å². The molecule has 1 aromatic rings. The van der Waals surface area contributed by atoms with Gasteiger partial charge in [0.1, 0.15) is 0 Å². The van der Waals surface area contributed by atoms with Gasteiger partial charge in [0, 0.05) is 11.8 Å². The highest BCUT2D eigenvalue weighted by Crippen LogP contribution is 2.19. The molecule has 0 aromatic carbocycles. The van der Waals surface area contributed by atoms with Crippen LogP contribution in [0, 0.1) is 13.8 Å². The SMILES string of the molecule is Cc1cnc(O)c(C)c1C(=O)O. The number of aromatic nitrogens is 1. The van der Waals surface area contributed by atoms with E-state index in [0.29, 0.717) is 11.1 Å². The van der Waals surface area contributed by atoms with Crippen LogP contribution in [0.25, 0.3) is 0 Å². The second-order valence-electron chi connectivity index (χ2n) is 2.57. The second-order valence-corrected chi connectivity index (χ2v) is 2.57. The predicted molar refractivity (Wildman–Crippen MR) is 42.3 cm³/mol. The summed E-state index contributed by atoms with van der Waals surface area (Å²) in [7, 11) is 0. The van der Waals surface area contributed by atoms with E-state index in [4.69, 9.17) is 10.2 Å². The Bertz CT molecular complexity index is 333. The minimum absolute atomic E-state index is 0.127. The van der Waals surface area contributed by atoms with Crippen molar-refractivity contribution in [2.45, 2.75) is 13.8 Å². The zero-order chi connectivity index (χ0) is 9.30. The van der Waals surface area contributed by atoms with E-state index >= 15 is 0 Å². The van der Waals surface area contributed by atoms with Gasteiger partial charge in [0.15, 0.2) is 0 Å². The van der Waals surface area contributed by atoms with Crippen LogP contribution in [0.15, 0.2) is 6.20 Å². The highest BCUT2D eigenvalue weighted by atomic mass is 16.4. The summed E-state index contributed by atoms with van der Waals surface area (Å²) in [5, 5.41) is 17.8. The summed E-state index contributed by atoms with van der Waals surface area (Å²) in [4.78, 5) is 14.3. The van der Waals surface area contributed by atoms with E-state index < -0.39 is 5.97 Å². The Labute approximate surface area is 69.5 Å². The minimum Gasteiger partial charge on any atom is -0.493 e. The van der Waals surface area contributed by atoms with E-state index in [-0.39, 0.29) is 11.4 Å². The van der Waals surface area contributed by atoms with Crippen LogP contribution in [0.2, 0.25) is 0 Å². The molecule has 0 saturated carbocycles. The van der Waals surface area contributed by atoms with Crippen LogP contribution < -0.4 is 0 Å². The molecule has 4 heteroatoms. The molecular formula is C8H9NO3. The fourth-order valence-corrected chi connectivity index (χ4v) is 1.06. The fourth-order valence-electron chi connectivity index (χ4n) is 1.06. The number of nitrogens with zero attached hydrogens (tertiary/aromatic N) is 1. The van der Waals surface area contributed by atoms with Gasteiger partial charge in [-0.25, -0.2) is 9.78 Å². The first-order valence-corrected chi connectivity index (χ1v) is 3.42. The largest absolute Gasteiger partial charge is 0.493 e. The van der Waals surface area contributed by atoms with Crippen LogP contribution in [-0.4, -0.2) is 21.2 Å². The molecule has 64 valence electrons. The number of carboxylic acid groups (broad SMARTS) is 1. The Morgan fingerprint density at radius 1 is 1.50 bits per heavy atom. The molecule has 0 saturated heterocycles. The van der Waals surface area contributed by atoms with Gasteiger partial charge in [0.25, 0.3) is 0 Å². The van der Waals surface area contributed by atoms with Crippen LogP contribution in [0.5, 0.6) is 5.88 Å². The van der Waals surface area contributed by atoms with E-state index in [0.717, 1.165) is 0 Å². The third-order valence-electron chi connectivity index (χ3n) is 1.70. The van der Waals surface area contributed by atoms with Crippen molar-refractivity contribution in [1.82, 2.24) is 4.98 Å². The summed E-state index contributed by atoms with van der Waals surface area (Å²) < 4.78 is 0. The van der Waals surface area contributed by atoms with Gasteiger partial charge >= 0.3 is 5.97 Å². The molecule has 0 fully saturated rings. The van der Waals surface area contributed by atoms with Gasteiger partial charge in [-0.3, -0.25) is 0 Å². The molecule has 2 N–H and O–H groups in total. The number of aromatic hydroxyl groups is 1. The van der Waals surface area contributed by atoms with E-state index in [9.17, 15) is 4.79 Å². The normalized spacial score (nSPS) is 9.83. The van der Waals surface area contributed by atoms with Crippen molar-refractivity contribution in [3.8, 4) is 5.88 Å². The molecule has 0 aliphatic carbocycles. The smallest absolute Gasteiger partial charge is 0.336 e. The Morgan fingerprint density at radius 3 is 2.50 bits per heavy atom. The number of aryl methyl sites for hydroxylation is 1. The number of carboxylic acids is 1. The molecule has 4 nitrogen and oxygen atoms in total. The van der Waals surface area contributed by atoms with Gasteiger partial charge in [0.05, 0.1) is 5.56 Å². The molecule has 0 bridgehead atoms. The third-order valence-corrected chi connectivity index (χ3v) is 1.70. The molecule has 0 spiro atoms. The average molecular weight is 167 g/mol. The van der Waals surface area contributed by atoms with E-state index in [1.54, 1.807) is 6.92 Å². The summed E-state index contributed by atoms with van der Waals surface area (Å²) in [5.74, 6) is -1.26. The van der Waals surface area contributed by atoms with E-state index in [2.05, 4.69) is 4.98 Å². The van der Waals surface area contributed by atoms with Crippen molar-refractivity contribution >= 4 is 5.97 Å². The molecule has 1 aromatic heterocycles. The molecular weight excluding hydrogens is 158 g/mol. The molecule has 1 rings (SSSR count). The predicted octanol–water partition coefficient (Wildman–Crippen LogP) is 1.10. The number of pyridine rings is 1. The van der Waals surface area contributed by atoms with Crippen molar-refractivity contribution in [1.29, 1.82) is 0 Å². The van der Waals surface area contributed by atoms with Crippen molar-refractivity contribution in [2.24, 2.45) is 0 Å². The Kier molecular flexibility index (Phi) is 1.99. The number of hydrogen-bond donors (Lipinski definition) is 2. The first-order valence-electron chi connectivity index (χ1n) is 3.42. The lowest BCUT2D eigenvalue weighted by Crippen LogP contribution is -2.03. The molecule has 0 radical (unpaired) electrons. The van der Waals surface area contributed by atoms with Crippen LogP contribution in [0.4, 0.5) is 0 Å². The summed E-state index contributed by atoms with van der Waals surface area (Å²) in [5.41, 5.74) is 0.989. The summed E-state index contributed by atoms with van der Waals surface area (Å²) >= 11 is 0. The highest BCUT2D eigenvalue weighted by Gasteiger charge is 2.13. The molecule has 0 aliphatic heterocycles. The standard InChI is InChI=1S/C8H9NO3/c1-4-3-9-7(10)5(2)6(4)8(11)12/h3H,1-2H3,(H,9,10)(H,11,12). The maximum Gasteiger partial charge on any atom is 0.336 e. The van der Waals surface area contributed by atoms with Gasteiger partial charge in [-0.15, -0.1) is 0 Å². The number of aromatic carboxylic acids is 1. The van der Waals surface area contributed by atoms with Gasteiger partial charge in [-0.2, -0.15) is 0 Å². The van der Waals surface area contributed by atoms with Crippen LogP contribution in [0.3, 0.4) is 0 Å². The van der Waals surface area contributed by atoms with Crippen molar-refractivity contribution in [2.75, 3.05) is 0 Å². The van der Waals surface area contributed by atoms with Crippen molar-refractivity contribution in [3.05, 3.63) is 22.9 Å². The molecule has 0 aliphatic rings. The lowest BCUT2D eigenvalue weighted by atomic mass is 10.1. The monoisotopic (exact) mass is 167 g/mol. The van der Waals surface area contributed by atoms with Crippen LogP contribution in [-0.2, 0) is 0 Å². The maximum absolute atomic E-state index is 10.7. The molecule has 1 heterocycles. The van der Waals surface area contributed by atoms with Gasteiger partial charge in [-0.1, -0.05) is 0 Å². The average Bonchev–Trinajstić information content (AvgIpc) is 1.97. The Morgan fingerprint density at radius 2 is 2.08 bits per heavy atom. The van der Waals surface area contributed by atoms with Gasteiger partial charge in [0.2, 0.25) is 5.88 Å². The summed E-state index contributed by atoms with van der Waals surface area (Å²) in [6.45, 7) is 3.17. The minimum atomic E-state index is -1.04. The number of hydrogen-bond acceptors (Lipinski definition) is 3. The zero-order valence-corrected chi connectivity index (χ0v) is 6.83. The number of carbonyl (C=O) groups is 1. The topological polar surface area (TPSA) is 70.4 Å². The van der Waals surface area contributed by atoms with Gasteiger partial charge < -0.3 is 10.2 Å². The highest BCUT2D eigenvalue weighted by molar-refractivity contribution is 5.91. The van der Waals surface area contributed by atoms with Crippen LogP contribution >= 0.6 is 0 Å². The van der Waals surface area contributed by atoms with Crippen molar-refractivity contribution < 1.29 is 15.0 Å². The molecule has 12 heavy (non-hydrogen) atoms.